The summed E-state index contributed by atoms with van der Waals surface area (Å²) in [5.74, 6) is -1.95. The van der Waals surface area contributed by atoms with E-state index in [4.69, 9.17) is 81.8 Å². The molecule has 0 N–H and O–H groups in total. The molecule has 6 heterocycles. The highest BCUT2D eigenvalue weighted by Crippen LogP contribution is 2.52. The van der Waals surface area contributed by atoms with Crippen LogP contribution in [0.1, 0.15) is 75.5 Å². The van der Waals surface area contributed by atoms with Gasteiger partial charge in [-0.15, -0.1) is 0 Å². The zero-order valence-electron chi connectivity index (χ0n) is 38.4. The van der Waals surface area contributed by atoms with Crippen molar-refractivity contribution in [1.29, 1.82) is 0 Å². The molecule has 28 heteroatoms. The number of pyridine rings is 2. The molecule has 0 spiro atoms. The molecule has 8 rings (SSSR count). The summed E-state index contributed by atoms with van der Waals surface area (Å²) < 4.78 is 170. The van der Waals surface area contributed by atoms with Gasteiger partial charge >= 0.3 is 24.7 Å². The van der Waals surface area contributed by atoms with Crippen LogP contribution in [0.4, 0.5) is 64.6 Å². The molecule has 404 valence electrons. The number of hydrogen-bond acceptors (Lipinski definition) is 10. The van der Waals surface area contributed by atoms with Crippen LogP contribution >= 0.6 is 81.8 Å². The van der Waals surface area contributed by atoms with Crippen LogP contribution in [0.5, 0.6) is 0 Å². The van der Waals surface area contributed by atoms with Crippen LogP contribution in [0.15, 0.2) is 85.5 Å². The fourth-order valence-electron chi connectivity index (χ4n) is 8.62. The van der Waals surface area contributed by atoms with Crippen LogP contribution in [0.25, 0.3) is 0 Å². The van der Waals surface area contributed by atoms with E-state index in [1.807, 2.05) is 0 Å². The Balaban J connectivity index is 0.000000221. The van der Waals surface area contributed by atoms with Crippen LogP contribution in [0.2, 0.25) is 30.1 Å². The Hall–Kier alpha value is -4.84. The van der Waals surface area contributed by atoms with Crippen molar-refractivity contribution < 1.29 is 57.5 Å². The maximum Gasteiger partial charge on any atom is 0.434 e. The highest BCUT2D eigenvalue weighted by molar-refractivity contribution is 7.80. The van der Waals surface area contributed by atoms with Gasteiger partial charge in [0.2, 0.25) is 11.9 Å². The standard InChI is InChI=1S/C24H17Cl3F6N4O.C24H17Cl3F6N4S/c2*25-16-9-13(10-17(26)19(16)27)22(24(31,32)33)6-8-37(12-22)21-35-11-15(20(36-21)23(28,29)30)18(38)5-4-14-3-1-2-7-34-14/h2*1-3,7,9-11H,4-6,8,12H2. The number of nitrogens with zero attached hydrogens (tertiary/aromatic N) is 8. The maximum absolute atomic E-state index is 14.4. The molecule has 0 saturated carbocycles. The molecule has 9 nitrogen and oxygen atoms in total. The number of aromatic nitrogens is 6. The molecule has 2 fully saturated rings. The van der Waals surface area contributed by atoms with Crippen LogP contribution in [0, 0.1) is 0 Å². The fraction of sp³-hybridized carbons (Fsp3) is 0.333. The van der Waals surface area contributed by atoms with Gasteiger partial charge in [0, 0.05) is 79.2 Å². The normalized spacial score (nSPS) is 18.2. The highest BCUT2D eigenvalue weighted by Gasteiger charge is 2.61. The Labute approximate surface area is 459 Å². The minimum atomic E-state index is -5.05. The van der Waals surface area contributed by atoms with Crippen molar-refractivity contribution >= 4 is 104 Å². The van der Waals surface area contributed by atoms with Crippen molar-refractivity contribution in [3.05, 3.63) is 161 Å². The molecule has 6 aromatic rings. The molecular formula is C48H34Cl6F12N8OS. The number of hydrogen-bond donors (Lipinski definition) is 0. The SMILES string of the molecule is FC(F)(F)c1nc(N2CCC(c3cc(Cl)c(Cl)c(Cl)c3)(C(F)(F)F)C2)ncc1C(=S)CCc1ccccn1.O=C(CCc1ccccn1)c1cnc(N2CCC(c3cc(Cl)c(Cl)c(Cl)c3)(C(F)(F)F)C2)nc1C(F)(F)F. The summed E-state index contributed by atoms with van der Waals surface area (Å²) in [6, 6.07) is 14.3. The lowest BCUT2D eigenvalue weighted by Crippen LogP contribution is -2.45. The predicted molar refractivity (Wildman–Crippen MR) is 267 cm³/mol. The van der Waals surface area contributed by atoms with Gasteiger partial charge in [0.1, 0.15) is 10.8 Å². The number of alkyl halides is 12. The van der Waals surface area contributed by atoms with Crippen molar-refractivity contribution in [2.24, 2.45) is 0 Å². The number of carbonyl (C=O) groups excluding carboxylic acids is 1. The largest absolute Gasteiger partial charge is 0.434 e. The van der Waals surface area contributed by atoms with Gasteiger partial charge in [-0.3, -0.25) is 14.8 Å². The van der Waals surface area contributed by atoms with Gasteiger partial charge in [0.15, 0.2) is 17.2 Å². The van der Waals surface area contributed by atoms with Gasteiger partial charge in [-0.1, -0.05) is 94.0 Å². The first-order valence-electron chi connectivity index (χ1n) is 22.1. The number of benzene rings is 2. The Bertz CT molecular complexity index is 2870. The van der Waals surface area contributed by atoms with Crippen LogP contribution in [-0.4, -0.2) is 79.1 Å². The molecule has 2 atom stereocenters. The third kappa shape index (κ3) is 12.7. The molecule has 0 radical (unpaired) electrons. The number of thiocarbonyl (C=S) groups is 1. The number of anilines is 2. The number of rotatable bonds is 12. The third-order valence-corrected chi connectivity index (χ3v) is 15.4. The van der Waals surface area contributed by atoms with Gasteiger partial charge in [-0.05, 0) is 91.8 Å². The molecule has 4 aromatic heterocycles. The Morgan fingerprint density at radius 1 is 0.553 bits per heavy atom. The van der Waals surface area contributed by atoms with Crippen molar-refractivity contribution in [3.63, 3.8) is 0 Å². The van der Waals surface area contributed by atoms with Gasteiger partial charge in [-0.2, -0.15) is 52.7 Å². The molecule has 76 heavy (non-hydrogen) atoms. The third-order valence-electron chi connectivity index (χ3n) is 12.6. The molecule has 0 aliphatic carbocycles. The second-order valence-corrected chi connectivity index (χ2v) is 20.2. The number of halogens is 18. The summed E-state index contributed by atoms with van der Waals surface area (Å²) in [5.41, 5.74) is -8.39. The zero-order valence-corrected chi connectivity index (χ0v) is 43.7. The van der Waals surface area contributed by atoms with Gasteiger partial charge < -0.3 is 9.80 Å². The quantitative estimate of drug-likeness (QED) is 0.0510. The lowest BCUT2D eigenvalue weighted by Gasteiger charge is -2.32. The van der Waals surface area contributed by atoms with E-state index in [1.54, 1.807) is 42.6 Å². The minimum Gasteiger partial charge on any atom is -0.340 e. The lowest BCUT2D eigenvalue weighted by molar-refractivity contribution is -0.185. The van der Waals surface area contributed by atoms with E-state index >= 15 is 0 Å². The predicted octanol–water partition coefficient (Wildman–Crippen LogP) is 15.3. The van der Waals surface area contributed by atoms with E-state index in [2.05, 4.69) is 29.9 Å². The van der Waals surface area contributed by atoms with E-state index < -0.39 is 102 Å². The van der Waals surface area contributed by atoms with E-state index in [0.717, 1.165) is 40.3 Å². The monoisotopic (exact) mass is 1210 g/mol. The van der Waals surface area contributed by atoms with Crippen LogP contribution in [0.3, 0.4) is 0 Å². The van der Waals surface area contributed by atoms with Crippen molar-refractivity contribution in [1.82, 2.24) is 29.9 Å². The van der Waals surface area contributed by atoms with E-state index in [-0.39, 0.29) is 78.5 Å². The topological polar surface area (TPSA) is 101 Å². The Kier molecular flexibility index (Phi) is 17.7. The first-order valence-corrected chi connectivity index (χ1v) is 24.8. The zero-order chi connectivity index (χ0) is 55.8. The van der Waals surface area contributed by atoms with E-state index in [0.29, 0.717) is 24.0 Å². The summed E-state index contributed by atoms with van der Waals surface area (Å²) in [6.45, 7) is -2.12. The molecular weight excluding hydrogens is 1180 g/mol. The smallest absolute Gasteiger partial charge is 0.340 e. The first kappa shape index (κ1) is 58.8. The molecule has 0 bridgehead atoms. The van der Waals surface area contributed by atoms with Crippen LogP contribution < -0.4 is 9.80 Å². The second-order valence-electron chi connectivity index (χ2n) is 17.4. The van der Waals surface area contributed by atoms with Gasteiger partial charge in [0.05, 0.1) is 35.7 Å². The molecule has 2 aliphatic heterocycles. The van der Waals surface area contributed by atoms with Crippen LogP contribution in [-0.2, 0) is 36.0 Å². The fourth-order valence-corrected chi connectivity index (χ4v) is 10.1. The van der Waals surface area contributed by atoms with Gasteiger partial charge in [-0.25, -0.2) is 19.9 Å². The Morgan fingerprint density at radius 2 is 0.934 bits per heavy atom. The van der Waals surface area contributed by atoms with Crippen molar-refractivity contribution in [2.45, 2.75) is 74.1 Å². The highest BCUT2D eigenvalue weighted by atomic mass is 35.5. The number of ketones is 1. The maximum atomic E-state index is 14.4. The second kappa shape index (κ2) is 22.9. The summed E-state index contributed by atoms with van der Waals surface area (Å²) in [5, 5.41) is -0.950. The summed E-state index contributed by atoms with van der Waals surface area (Å²) in [6.07, 6.45) is -15.8. The van der Waals surface area contributed by atoms with E-state index in [1.165, 1.54) is 6.20 Å². The summed E-state index contributed by atoms with van der Waals surface area (Å²) >= 11 is 40.9. The minimum absolute atomic E-state index is 0.0361. The summed E-state index contributed by atoms with van der Waals surface area (Å²) in [4.78, 5) is 37.7. The van der Waals surface area contributed by atoms with Gasteiger partial charge in [0.25, 0.3) is 0 Å². The van der Waals surface area contributed by atoms with Crippen molar-refractivity contribution in [2.75, 3.05) is 36.0 Å². The lowest BCUT2D eigenvalue weighted by atomic mass is 9.79. The van der Waals surface area contributed by atoms with E-state index in [9.17, 15) is 57.5 Å². The number of Topliss-reactive ketones (excluding diaryl/α,β-unsaturated/α-hetero) is 1. The molecule has 2 aliphatic rings. The molecule has 2 aromatic carbocycles. The number of aryl methyl sites for hydroxylation is 2. The Morgan fingerprint density at radius 3 is 1.30 bits per heavy atom. The number of carbonyl (C=O) groups is 1. The van der Waals surface area contributed by atoms with Crippen molar-refractivity contribution in [3.8, 4) is 0 Å². The first-order chi connectivity index (χ1) is 35.5. The molecule has 2 unspecified atom stereocenters. The molecule has 0 amide bonds. The molecule has 2 saturated heterocycles. The summed E-state index contributed by atoms with van der Waals surface area (Å²) in [7, 11) is 0. The average molecular weight is 1210 g/mol. The average Bonchev–Trinajstić information content (AvgIpc) is 4.05.